The second-order valence-electron chi connectivity index (χ2n) is 7.55. The molecule has 0 bridgehead atoms. The zero-order valence-corrected chi connectivity index (χ0v) is 17.1. The van der Waals surface area contributed by atoms with E-state index in [1.54, 1.807) is 18.2 Å². The molecule has 0 radical (unpaired) electrons. The van der Waals surface area contributed by atoms with Crippen LogP contribution in [0.3, 0.4) is 0 Å². The Morgan fingerprint density at radius 1 is 1.26 bits per heavy atom. The highest BCUT2D eigenvalue weighted by atomic mass is 35.5. The Bertz CT molecular complexity index is 703. The minimum atomic E-state index is -0.576. The minimum Gasteiger partial charge on any atom is -0.447 e. The van der Waals surface area contributed by atoms with E-state index < -0.39 is 12.0 Å². The molecule has 1 aromatic rings. The van der Waals surface area contributed by atoms with Gasteiger partial charge >= 0.3 is 6.09 Å². The van der Waals surface area contributed by atoms with Gasteiger partial charge in [-0.2, -0.15) is 0 Å². The van der Waals surface area contributed by atoms with Crippen LogP contribution < -0.4 is 0 Å². The fourth-order valence-electron chi connectivity index (χ4n) is 3.71. The number of hydrogen-bond acceptors (Lipinski definition) is 4. The van der Waals surface area contributed by atoms with Crippen molar-refractivity contribution in [2.24, 2.45) is 5.92 Å². The molecule has 2 fully saturated rings. The number of rotatable bonds is 5. The zero-order chi connectivity index (χ0) is 19.6. The van der Waals surface area contributed by atoms with E-state index in [0.29, 0.717) is 23.1 Å². The summed E-state index contributed by atoms with van der Waals surface area (Å²) in [6, 6.07) is 4.93. The zero-order valence-electron chi connectivity index (χ0n) is 15.6. The van der Waals surface area contributed by atoms with Crippen LogP contribution in [0, 0.1) is 5.92 Å². The number of carbonyl (C=O) groups is 2. The maximum absolute atomic E-state index is 13.4. The summed E-state index contributed by atoms with van der Waals surface area (Å²) in [5.41, 5.74) is 0.741. The first kappa shape index (κ1) is 20.4. The minimum absolute atomic E-state index is 0.0155. The highest BCUT2D eigenvalue weighted by Gasteiger charge is 2.43. The molecule has 5 nitrogen and oxygen atoms in total. The number of hydrogen-bond donors (Lipinski definition) is 0. The first-order valence-electron chi connectivity index (χ1n) is 9.45. The maximum atomic E-state index is 13.4. The highest BCUT2D eigenvalue weighted by molar-refractivity contribution is 6.42. The third-order valence-corrected chi connectivity index (χ3v) is 6.07. The number of carbonyl (C=O) groups excluding carboxylic acids is 2. The summed E-state index contributed by atoms with van der Waals surface area (Å²) >= 11 is 12.2. The monoisotopic (exact) mass is 413 g/mol. The van der Waals surface area contributed by atoms with E-state index >= 15 is 0 Å². The lowest BCUT2D eigenvalue weighted by molar-refractivity contribution is -0.132. The van der Waals surface area contributed by atoms with Gasteiger partial charge in [-0.15, -0.1) is 0 Å². The molecule has 0 spiro atoms. The van der Waals surface area contributed by atoms with E-state index in [4.69, 9.17) is 32.7 Å². The lowest BCUT2D eigenvalue weighted by Gasteiger charge is -2.30. The summed E-state index contributed by atoms with van der Waals surface area (Å²) in [7, 11) is 0. The molecule has 3 rings (SSSR count). The molecule has 0 N–H and O–H groups in total. The van der Waals surface area contributed by atoms with Crippen molar-refractivity contribution in [1.29, 1.82) is 0 Å². The van der Waals surface area contributed by atoms with Crippen molar-refractivity contribution >= 4 is 35.2 Å². The van der Waals surface area contributed by atoms with Crippen LogP contribution in [-0.2, 0) is 14.3 Å². The van der Waals surface area contributed by atoms with Crippen LogP contribution in [0.15, 0.2) is 18.2 Å². The van der Waals surface area contributed by atoms with Crippen LogP contribution in [0.5, 0.6) is 0 Å². The van der Waals surface area contributed by atoms with Crippen LogP contribution in [-0.4, -0.2) is 42.3 Å². The molecule has 1 unspecified atom stereocenters. The molecule has 148 valence electrons. The lowest BCUT2D eigenvalue weighted by atomic mass is 9.88. The van der Waals surface area contributed by atoms with Gasteiger partial charge in [0.1, 0.15) is 6.61 Å². The van der Waals surface area contributed by atoms with Crippen molar-refractivity contribution in [3.05, 3.63) is 33.8 Å². The van der Waals surface area contributed by atoms with Crippen molar-refractivity contribution in [2.75, 3.05) is 13.2 Å². The van der Waals surface area contributed by atoms with Gasteiger partial charge in [-0.25, -0.2) is 9.69 Å². The van der Waals surface area contributed by atoms with Crippen molar-refractivity contribution in [2.45, 2.75) is 57.6 Å². The van der Waals surface area contributed by atoms with Gasteiger partial charge in [-0.3, -0.25) is 4.79 Å². The second kappa shape index (κ2) is 8.80. The Morgan fingerprint density at radius 2 is 2.04 bits per heavy atom. The molecule has 2 aliphatic heterocycles. The molecule has 0 aromatic heterocycles. The van der Waals surface area contributed by atoms with Gasteiger partial charge in [0.15, 0.2) is 0 Å². The van der Waals surface area contributed by atoms with Crippen LogP contribution in [0.25, 0.3) is 0 Å². The molecular formula is C20H25Cl2NO4. The first-order valence-corrected chi connectivity index (χ1v) is 10.2. The largest absolute Gasteiger partial charge is 0.447 e. The molecule has 0 aliphatic carbocycles. The van der Waals surface area contributed by atoms with E-state index in [1.165, 1.54) is 4.90 Å². The first-order chi connectivity index (χ1) is 12.9. The number of halogens is 2. The molecule has 2 aliphatic rings. The van der Waals surface area contributed by atoms with E-state index in [2.05, 4.69) is 0 Å². The number of amides is 2. The summed E-state index contributed by atoms with van der Waals surface area (Å²) in [5, 5.41) is 0.821. The molecule has 2 heterocycles. The molecule has 27 heavy (non-hydrogen) atoms. The molecule has 2 amide bonds. The Balaban J connectivity index is 1.91. The van der Waals surface area contributed by atoms with Crippen LogP contribution in [0.2, 0.25) is 10.0 Å². The summed E-state index contributed by atoms with van der Waals surface area (Å²) < 4.78 is 11.0. The number of benzene rings is 1. The summed E-state index contributed by atoms with van der Waals surface area (Å²) in [6.45, 7) is 4.89. The quantitative estimate of drug-likeness (QED) is 0.678. The predicted octanol–water partition coefficient (Wildman–Crippen LogP) is 5.04. The Kier molecular flexibility index (Phi) is 6.66. The Morgan fingerprint density at radius 3 is 2.67 bits per heavy atom. The molecular weight excluding hydrogens is 389 g/mol. The number of cyclic esters (lactones) is 1. The molecule has 3 atom stereocenters. The van der Waals surface area contributed by atoms with E-state index in [9.17, 15) is 9.59 Å². The topological polar surface area (TPSA) is 55.8 Å². The van der Waals surface area contributed by atoms with Crippen molar-refractivity contribution in [1.82, 2.24) is 4.90 Å². The normalized spacial score (nSPS) is 24.2. The Labute approximate surface area is 169 Å². The third kappa shape index (κ3) is 4.58. The average molecular weight is 414 g/mol. The highest BCUT2D eigenvalue weighted by Crippen LogP contribution is 2.34. The van der Waals surface area contributed by atoms with E-state index in [-0.39, 0.29) is 30.6 Å². The van der Waals surface area contributed by atoms with Gasteiger partial charge in [0.25, 0.3) is 0 Å². The van der Waals surface area contributed by atoms with Gasteiger partial charge in [-0.1, -0.05) is 43.1 Å². The molecule has 2 saturated heterocycles. The molecule has 1 aromatic carbocycles. The summed E-state index contributed by atoms with van der Waals surface area (Å²) in [4.78, 5) is 27.0. The van der Waals surface area contributed by atoms with Gasteiger partial charge in [-0.05, 0) is 49.3 Å². The number of nitrogens with zero attached hydrogens (tertiary/aromatic N) is 1. The van der Waals surface area contributed by atoms with Gasteiger partial charge in [0, 0.05) is 6.61 Å². The number of ether oxygens (including phenoxy) is 2. The van der Waals surface area contributed by atoms with Gasteiger partial charge < -0.3 is 9.47 Å². The van der Waals surface area contributed by atoms with Crippen LogP contribution in [0.1, 0.15) is 51.0 Å². The van der Waals surface area contributed by atoms with Gasteiger partial charge in [0.05, 0.1) is 28.1 Å². The number of imide groups is 1. The molecule has 7 heteroatoms. The van der Waals surface area contributed by atoms with Crippen molar-refractivity contribution < 1.29 is 19.1 Å². The van der Waals surface area contributed by atoms with Gasteiger partial charge in [0.2, 0.25) is 5.91 Å². The van der Waals surface area contributed by atoms with Crippen LogP contribution in [0.4, 0.5) is 4.79 Å². The van der Waals surface area contributed by atoms with E-state index in [0.717, 1.165) is 24.8 Å². The summed E-state index contributed by atoms with van der Waals surface area (Å²) in [6.07, 6.45) is 2.93. The fraction of sp³-hybridized carbons (Fsp3) is 0.600. The van der Waals surface area contributed by atoms with Crippen molar-refractivity contribution in [3.8, 4) is 0 Å². The smallest absolute Gasteiger partial charge is 0.417 e. The molecule has 0 saturated carbocycles. The maximum Gasteiger partial charge on any atom is 0.417 e. The second-order valence-corrected chi connectivity index (χ2v) is 8.36. The van der Waals surface area contributed by atoms with E-state index in [1.807, 2.05) is 13.8 Å². The standard InChI is InChI=1S/C20H25Cl2NO4/c1-12(2)18-11-27-20(25)23(18)19(24)15(10-14-5-3-4-8-26-14)13-6-7-16(21)17(22)9-13/h6-7,9,12,14-15,18H,3-5,8,10-11H2,1-2H3/t14?,15-,18-/m1/s1. The average Bonchev–Trinajstić information content (AvgIpc) is 3.04. The van der Waals surface area contributed by atoms with Crippen LogP contribution >= 0.6 is 23.2 Å². The van der Waals surface area contributed by atoms with Crippen molar-refractivity contribution in [3.63, 3.8) is 0 Å². The summed E-state index contributed by atoms with van der Waals surface area (Å²) in [5.74, 6) is -0.681. The fourth-order valence-corrected chi connectivity index (χ4v) is 4.02. The predicted molar refractivity (Wildman–Crippen MR) is 104 cm³/mol. The Hall–Kier alpha value is -1.30. The lowest BCUT2D eigenvalue weighted by Crippen LogP contribution is -2.45. The third-order valence-electron chi connectivity index (χ3n) is 5.33. The SMILES string of the molecule is CC(C)[C@H]1COC(=O)N1C(=O)[C@H](CC1CCCCO1)c1ccc(Cl)c(Cl)c1.